The number of nitrogens with one attached hydrogen (secondary N) is 1. The molecule has 2 rings (SSSR count). The summed E-state index contributed by atoms with van der Waals surface area (Å²) in [6.45, 7) is 4.81. The summed E-state index contributed by atoms with van der Waals surface area (Å²) in [5.41, 5.74) is 2.92. The number of nitrogens with zero attached hydrogens (tertiary/aromatic N) is 1. The number of benzene rings is 2. The van der Waals surface area contributed by atoms with Crippen molar-refractivity contribution in [2.45, 2.75) is 20.3 Å². The molecule has 5 nitrogen and oxygen atoms in total. The van der Waals surface area contributed by atoms with Crippen LogP contribution in [-0.4, -0.2) is 25.7 Å². The van der Waals surface area contributed by atoms with E-state index in [-0.39, 0.29) is 12.5 Å². The maximum Gasteiger partial charge on any atom is 0.257 e. The molecule has 1 N–H and O–H groups in total. The average molecular weight is 338 g/mol. The van der Waals surface area contributed by atoms with Gasteiger partial charge in [-0.2, -0.15) is 5.26 Å². The summed E-state index contributed by atoms with van der Waals surface area (Å²) >= 11 is 0. The Balaban J connectivity index is 1.84. The molecule has 0 spiro atoms. The number of hydrogen-bond donors (Lipinski definition) is 1. The van der Waals surface area contributed by atoms with Crippen molar-refractivity contribution in [2.24, 2.45) is 0 Å². The molecule has 2 aromatic rings. The molecule has 0 unspecified atom stereocenters. The number of carbonyl (C=O) groups is 1. The summed E-state index contributed by atoms with van der Waals surface area (Å²) in [6, 6.07) is 15.0. The van der Waals surface area contributed by atoms with E-state index >= 15 is 0 Å². The van der Waals surface area contributed by atoms with Gasteiger partial charge in [-0.15, -0.1) is 0 Å². The second-order valence-electron chi connectivity index (χ2n) is 5.52. The van der Waals surface area contributed by atoms with Gasteiger partial charge >= 0.3 is 0 Å². The molecule has 0 radical (unpaired) electrons. The standard InChI is InChI=1S/C20H22N2O3/c1-3-24-19-12-16(13-21)8-9-18(19)25-14-20(23)22-11-10-17-7-5-4-6-15(17)2/h4-9,12H,3,10-11,14H2,1-2H3,(H,22,23). The molecule has 0 fully saturated rings. The van der Waals surface area contributed by atoms with Gasteiger partial charge in [-0.1, -0.05) is 24.3 Å². The summed E-state index contributed by atoms with van der Waals surface area (Å²) in [7, 11) is 0. The minimum absolute atomic E-state index is 0.0975. The Morgan fingerprint density at radius 1 is 1.16 bits per heavy atom. The van der Waals surface area contributed by atoms with E-state index in [0.717, 1.165) is 6.42 Å². The Labute approximate surface area is 148 Å². The molecule has 5 heteroatoms. The molecule has 0 aliphatic carbocycles. The molecule has 1 amide bonds. The zero-order chi connectivity index (χ0) is 18.1. The highest BCUT2D eigenvalue weighted by Crippen LogP contribution is 2.28. The van der Waals surface area contributed by atoms with E-state index in [0.29, 0.717) is 30.2 Å². The summed E-state index contributed by atoms with van der Waals surface area (Å²) in [5, 5.41) is 11.8. The second kappa shape index (κ2) is 9.33. The lowest BCUT2D eigenvalue weighted by Gasteiger charge is -2.12. The van der Waals surface area contributed by atoms with Crippen LogP contribution in [0.3, 0.4) is 0 Å². The van der Waals surface area contributed by atoms with Crippen LogP contribution in [-0.2, 0) is 11.2 Å². The Bertz CT molecular complexity index is 766. The fourth-order valence-electron chi connectivity index (χ4n) is 2.39. The maximum absolute atomic E-state index is 12.0. The minimum atomic E-state index is -0.194. The molecule has 130 valence electrons. The van der Waals surface area contributed by atoms with Crippen molar-refractivity contribution in [3.8, 4) is 17.6 Å². The van der Waals surface area contributed by atoms with Crippen molar-refractivity contribution in [2.75, 3.05) is 19.8 Å². The number of amides is 1. The first-order valence-corrected chi connectivity index (χ1v) is 8.25. The number of ether oxygens (including phenoxy) is 2. The van der Waals surface area contributed by atoms with E-state index in [2.05, 4.69) is 30.4 Å². The van der Waals surface area contributed by atoms with Gasteiger partial charge in [0.2, 0.25) is 0 Å². The van der Waals surface area contributed by atoms with Crippen molar-refractivity contribution < 1.29 is 14.3 Å². The highest BCUT2D eigenvalue weighted by Gasteiger charge is 2.09. The number of hydrogen-bond acceptors (Lipinski definition) is 4. The molecule has 0 atom stereocenters. The van der Waals surface area contributed by atoms with Crippen LogP contribution in [0.1, 0.15) is 23.6 Å². The first kappa shape index (κ1) is 18.3. The van der Waals surface area contributed by atoms with Crippen LogP contribution in [0.5, 0.6) is 11.5 Å². The summed E-state index contributed by atoms with van der Waals surface area (Å²) in [6.07, 6.45) is 0.777. The van der Waals surface area contributed by atoms with Crippen molar-refractivity contribution in [1.82, 2.24) is 5.32 Å². The van der Waals surface area contributed by atoms with E-state index in [9.17, 15) is 4.79 Å². The topological polar surface area (TPSA) is 71.3 Å². The third kappa shape index (κ3) is 5.54. The fraction of sp³-hybridized carbons (Fsp3) is 0.300. The van der Waals surface area contributed by atoms with Gasteiger partial charge < -0.3 is 14.8 Å². The lowest BCUT2D eigenvalue weighted by molar-refractivity contribution is -0.123. The number of aryl methyl sites for hydroxylation is 1. The lowest BCUT2D eigenvalue weighted by Crippen LogP contribution is -2.30. The Morgan fingerprint density at radius 2 is 1.96 bits per heavy atom. The smallest absolute Gasteiger partial charge is 0.257 e. The first-order chi connectivity index (χ1) is 12.1. The molecule has 0 aromatic heterocycles. The fourth-order valence-corrected chi connectivity index (χ4v) is 2.39. The third-order valence-electron chi connectivity index (χ3n) is 3.71. The van der Waals surface area contributed by atoms with E-state index in [1.54, 1.807) is 18.2 Å². The van der Waals surface area contributed by atoms with Crippen LogP contribution in [0.4, 0.5) is 0 Å². The van der Waals surface area contributed by atoms with E-state index in [1.165, 1.54) is 11.1 Å². The molecule has 0 bridgehead atoms. The quantitative estimate of drug-likeness (QED) is 0.803. The van der Waals surface area contributed by atoms with Crippen molar-refractivity contribution in [1.29, 1.82) is 5.26 Å². The van der Waals surface area contributed by atoms with Crippen LogP contribution in [0.2, 0.25) is 0 Å². The van der Waals surface area contributed by atoms with Gasteiger partial charge in [0.05, 0.1) is 18.2 Å². The summed E-state index contributed by atoms with van der Waals surface area (Å²) in [5.74, 6) is 0.726. The molecular formula is C20H22N2O3. The zero-order valence-corrected chi connectivity index (χ0v) is 14.5. The molecule has 2 aromatic carbocycles. The Hall–Kier alpha value is -3.00. The molecular weight excluding hydrogens is 316 g/mol. The van der Waals surface area contributed by atoms with Gasteiger partial charge in [0.25, 0.3) is 5.91 Å². The molecule has 0 aliphatic heterocycles. The van der Waals surface area contributed by atoms with Gasteiger partial charge in [0, 0.05) is 12.6 Å². The Morgan fingerprint density at radius 3 is 2.68 bits per heavy atom. The van der Waals surface area contributed by atoms with Crippen LogP contribution >= 0.6 is 0 Å². The van der Waals surface area contributed by atoms with Crippen molar-refractivity contribution in [3.63, 3.8) is 0 Å². The molecule has 25 heavy (non-hydrogen) atoms. The largest absolute Gasteiger partial charge is 0.490 e. The van der Waals surface area contributed by atoms with Crippen LogP contribution < -0.4 is 14.8 Å². The van der Waals surface area contributed by atoms with Crippen LogP contribution in [0.15, 0.2) is 42.5 Å². The summed E-state index contributed by atoms with van der Waals surface area (Å²) < 4.78 is 11.0. The van der Waals surface area contributed by atoms with Gasteiger partial charge in [-0.3, -0.25) is 4.79 Å². The zero-order valence-electron chi connectivity index (χ0n) is 14.5. The van der Waals surface area contributed by atoms with Crippen molar-refractivity contribution in [3.05, 3.63) is 59.2 Å². The highest BCUT2D eigenvalue weighted by atomic mass is 16.5. The van der Waals surface area contributed by atoms with Crippen LogP contribution in [0, 0.1) is 18.3 Å². The lowest BCUT2D eigenvalue weighted by atomic mass is 10.1. The summed E-state index contributed by atoms with van der Waals surface area (Å²) in [4.78, 5) is 12.0. The number of carbonyl (C=O) groups excluding carboxylic acids is 1. The monoisotopic (exact) mass is 338 g/mol. The molecule has 0 saturated carbocycles. The van der Waals surface area contributed by atoms with Crippen molar-refractivity contribution >= 4 is 5.91 Å². The van der Waals surface area contributed by atoms with Gasteiger partial charge in [0.15, 0.2) is 18.1 Å². The van der Waals surface area contributed by atoms with E-state index in [1.807, 2.05) is 19.1 Å². The SMILES string of the molecule is CCOc1cc(C#N)ccc1OCC(=O)NCCc1ccccc1C. The maximum atomic E-state index is 12.0. The molecule has 0 heterocycles. The number of rotatable bonds is 8. The molecule has 0 saturated heterocycles. The van der Waals surface area contributed by atoms with Gasteiger partial charge in [0.1, 0.15) is 0 Å². The minimum Gasteiger partial charge on any atom is -0.490 e. The third-order valence-corrected chi connectivity index (χ3v) is 3.71. The normalized spacial score (nSPS) is 9.96. The number of nitriles is 1. The van der Waals surface area contributed by atoms with Gasteiger partial charge in [-0.25, -0.2) is 0 Å². The first-order valence-electron chi connectivity index (χ1n) is 8.25. The Kier molecular flexibility index (Phi) is 6.85. The van der Waals surface area contributed by atoms with Crippen LogP contribution in [0.25, 0.3) is 0 Å². The highest BCUT2D eigenvalue weighted by molar-refractivity contribution is 5.77. The predicted octanol–water partition coefficient (Wildman–Crippen LogP) is 3.00. The van der Waals surface area contributed by atoms with Gasteiger partial charge in [-0.05, 0) is 43.5 Å². The van der Waals surface area contributed by atoms with E-state index in [4.69, 9.17) is 14.7 Å². The predicted molar refractivity (Wildman–Crippen MR) is 95.7 cm³/mol. The average Bonchev–Trinajstić information content (AvgIpc) is 2.62. The second-order valence-corrected chi connectivity index (χ2v) is 5.52. The van der Waals surface area contributed by atoms with E-state index < -0.39 is 0 Å². The molecule has 0 aliphatic rings.